The Labute approximate surface area is 151 Å². The molecule has 2 aromatic carbocycles. The Morgan fingerprint density at radius 3 is 2.54 bits per heavy atom. The molecule has 1 aliphatic rings. The van der Waals surface area contributed by atoms with E-state index in [1.54, 1.807) is 18.1 Å². The number of benzene rings is 2. The number of methoxy groups -OCH3 is 1. The van der Waals surface area contributed by atoms with E-state index in [9.17, 15) is 14.9 Å². The third-order valence-electron chi connectivity index (χ3n) is 4.21. The normalized spacial score (nSPS) is 13.1. The van der Waals surface area contributed by atoms with Crippen molar-refractivity contribution in [2.75, 3.05) is 13.7 Å². The largest absolute Gasteiger partial charge is 0.497 e. The fourth-order valence-corrected chi connectivity index (χ4v) is 2.65. The van der Waals surface area contributed by atoms with Crippen LogP contribution in [0.2, 0.25) is 0 Å². The highest BCUT2D eigenvalue weighted by Crippen LogP contribution is 2.29. The molecule has 0 radical (unpaired) electrons. The minimum atomic E-state index is -0.491. The maximum absolute atomic E-state index is 12.6. The lowest BCUT2D eigenvalue weighted by Gasteiger charge is -2.22. The first-order valence-electron chi connectivity index (χ1n) is 8.36. The lowest BCUT2D eigenvalue weighted by Crippen LogP contribution is -2.36. The van der Waals surface area contributed by atoms with Gasteiger partial charge in [-0.15, -0.1) is 0 Å². The number of rotatable bonds is 8. The second-order valence-corrected chi connectivity index (χ2v) is 6.14. The minimum Gasteiger partial charge on any atom is -0.497 e. The van der Waals surface area contributed by atoms with Crippen molar-refractivity contribution in [3.8, 4) is 11.5 Å². The number of carbonyl (C=O) groups is 1. The maximum Gasteiger partial charge on any atom is 0.273 e. The fraction of sp³-hybridized carbons (Fsp3) is 0.316. The summed E-state index contributed by atoms with van der Waals surface area (Å²) in [6.07, 6.45) is 1.97. The molecule has 0 aliphatic heterocycles. The van der Waals surface area contributed by atoms with E-state index in [2.05, 4.69) is 0 Å². The lowest BCUT2D eigenvalue weighted by molar-refractivity contribution is -0.384. The SMILES string of the molecule is COc1ccc(CN(C(=O)COc2cccc([N+](=O)[O-])c2)C2CC2)cc1. The average Bonchev–Trinajstić information content (AvgIpc) is 3.50. The second-order valence-electron chi connectivity index (χ2n) is 6.14. The van der Waals surface area contributed by atoms with Crippen molar-refractivity contribution in [2.45, 2.75) is 25.4 Å². The van der Waals surface area contributed by atoms with Crippen LogP contribution in [0, 0.1) is 10.1 Å². The van der Waals surface area contributed by atoms with E-state index in [0.717, 1.165) is 24.2 Å². The van der Waals surface area contributed by atoms with E-state index in [1.807, 2.05) is 24.3 Å². The number of amides is 1. The van der Waals surface area contributed by atoms with E-state index >= 15 is 0 Å². The van der Waals surface area contributed by atoms with Crippen LogP contribution in [-0.4, -0.2) is 35.5 Å². The van der Waals surface area contributed by atoms with Crippen LogP contribution >= 0.6 is 0 Å². The zero-order valence-corrected chi connectivity index (χ0v) is 14.5. The standard InChI is InChI=1S/C19H20N2O5/c1-25-17-9-5-14(6-10-17)12-20(15-7-8-15)19(22)13-26-18-4-2-3-16(11-18)21(23)24/h2-6,9-11,15H,7-8,12-13H2,1H3. The Morgan fingerprint density at radius 2 is 1.92 bits per heavy atom. The predicted molar refractivity (Wildman–Crippen MR) is 95.2 cm³/mol. The summed E-state index contributed by atoms with van der Waals surface area (Å²) in [5, 5.41) is 10.8. The smallest absolute Gasteiger partial charge is 0.273 e. The molecule has 1 amide bonds. The van der Waals surface area contributed by atoms with Crippen molar-refractivity contribution in [3.63, 3.8) is 0 Å². The van der Waals surface area contributed by atoms with E-state index in [4.69, 9.17) is 9.47 Å². The van der Waals surface area contributed by atoms with Gasteiger partial charge in [-0.3, -0.25) is 14.9 Å². The van der Waals surface area contributed by atoms with Gasteiger partial charge in [-0.2, -0.15) is 0 Å². The van der Waals surface area contributed by atoms with Crippen molar-refractivity contribution in [2.24, 2.45) is 0 Å². The summed E-state index contributed by atoms with van der Waals surface area (Å²) in [5.41, 5.74) is 0.952. The van der Waals surface area contributed by atoms with Crippen LogP contribution in [0.4, 0.5) is 5.69 Å². The zero-order valence-electron chi connectivity index (χ0n) is 14.5. The van der Waals surface area contributed by atoms with E-state index in [-0.39, 0.29) is 24.2 Å². The first-order chi connectivity index (χ1) is 12.6. The summed E-state index contributed by atoms with van der Waals surface area (Å²) in [7, 11) is 1.61. The summed E-state index contributed by atoms with van der Waals surface area (Å²) in [4.78, 5) is 24.7. The lowest BCUT2D eigenvalue weighted by atomic mass is 10.2. The van der Waals surface area contributed by atoms with Gasteiger partial charge in [-0.1, -0.05) is 18.2 Å². The van der Waals surface area contributed by atoms with Crippen LogP contribution in [0.3, 0.4) is 0 Å². The summed E-state index contributed by atoms with van der Waals surface area (Å²) < 4.78 is 10.6. The van der Waals surface area contributed by atoms with Crippen molar-refractivity contribution in [1.29, 1.82) is 0 Å². The van der Waals surface area contributed by atoms with Crippen LogP contribution in [-0.2, 0) is 11.3 Å². The van der Waals surface area contributed by atoms with Gasteiger partial charge in [0.1, 0.15) is 11.5 Å². The molecule has 2 aromatic rings. The van der Waals surface area contributed by atoms with Gasteiger partial charge in [-0.05, 0) is 36.6 Å². The van der Waals surface area contributed by atoms with Crippen LogP contribution in [0.25, 0.3) is 0 Å². The van der Waals surface area contributed by atoms with E-state index in [1.165, 1.54) is 18.2 Å². The van der Waals surface area contributed by atoms with Gasteiger partial charge in [0.05, 0.1) is 18.1 Å². The molecule has 0 atom stereocenters. The molecule has 1 fully saturated rings. The van der Waals surface area contributed by atoms with Crippen LogP contribution in [0.15, 0.2) is 48.5 Å². The van der Waals surface area contributed by atoms with Gasteiger partial charge in [0, 0.05) is 18.7 Å². The molecular weight excluding hydrogens is 336 g/mol. The number of non-ortho nitro benzene ring substituents is 1. The van der Waals surface area contributed by atoms with Gasteiger partial charge < -0.3 is 14.4 Å². The highest BCUT2D eigenvalue weighted by Gasteiger charge is 2.32. The first kappa shape index (κ1) is 17.7. The number of carbonyl (C=O) groups excluding carboxylic acids is 1. The van der Waals surface area contributed by atoms with Gasteiger partial charge in [0.25, 0.3) is 11.6 Å². The van der Waals surface area contributed by atoms with E-state index < -0.39 is 4.92 Å². The third-order valence-corrected chi connectivity index (χ3v) is 4.21. The monoisotopic (exact) mass is 356 g/mol. The second kappa shape index (κ2) is 7.86. The summed E-state index contributed by atoms with van der Waals surface area (Å²) in [6.45, 7) is 0.361. The molecule has 1 aliphatic carbocycles. The van der Waals surface area contributed by atoms with Gasteiger partial charge in [-0.25, -0.2) is 0 Å². The Hall–Kier alpha value is -3.09. The Kier molecular flexibility index (Phi) is 5.36. The molecule has 0 heterocycles. The highest BCUT2D eigenvalue weighted by molar-refractivity contribution is 5.78. The van der Waals surface area contributed by atoms with Crippen molar-refractivity contribution in [3.05, 3.63) is 64.2 Å². The molecule has 7 nitrogen and oxygen atoms in total. The highest BCUT2D eigenvalue weighted by atomic mass is 16.6. The Bertz CT molecular complexity index is 787. The van der Waals surface area contributed by atoms with Crippen LogP contribution in [0.5, 0.6) is 11.5 Å². The van der Waals surface area contributed by atoms with Crippen molar-refractivity contribution < 1.29 is 19.2 Å². The number of nitro benzene ring substituents is 1. The van der Waals surface area contributed by atoms with Crippen LogP contribution in [0.1, 0.15) is 18.4 Å². The molecule has 26 heavy (non-hydrogen) atoms. The number of ether oxygens (including phenoxy) is 2. The molecule has 0 N–H and O–H groups in total. The predicted octanol–water partition coefficient (Wildman–Crippen LogP) is 3.17. The molecule has 0 spiro atoms. The molecule has 0 unspecified atom stereocenters. The summed E-state index contributed by atoms with van der Waals surface area (Å²) >= 11 is 0. The zero-order chi connectivity index (χ0) is 18.5. The molecule has 3 rings (SSSR count). The van der Waals surface area contributed by atoms with Gasteiger partial charge >= 0.3 is 0 Å². The molecule has 0 saturated heterocycles. The Balaban J connectivity index is 1.62. The number of nitrogens with zero attached hydrogens (tertiary/aromatic N) is 2. The van der Waals surface area contributed by atoms with Gasteiger partial charge in [0.2, 0.25) is 0 Å². The molecule has 136 valence electrons. The minimum absolute atomic E-state index is 0.0627. The number of hydrogen-bond donors (Lipinski definition) is 0. The first-order valence-corrected chi connectivity index (χ1v) is 8.36. The average molecular weight is 356 g/mol. The Morgan fingerprint density at radius 1 is 1.19 bits per heavy atom. The van der Waals surface area contributed by atoms with Gasteiger partial charge in [0.15, 0.2) is 6.61 Å². The summed E-state index contributed by atoms with van der Waals surface area (Å²) in [6, 6.07) is 13.7. The van der Waals surface area contributed by atoms with Crippen molar-refractivity contribution in [1.82, 2.24) is 4.90 Å². The third kappa shape index (κ3) is 4.50. The molecule has 0 bridgehead atoms. The fourth-order valence-electron chi connectivity index (χ4n) is 2.65. The number of hydrogen-bond acceptors (Lipinski definition) is 5. The van der Waals surface area contributed by atoms with Crippen LogP contribution < -0.4 is 9.47 Å². The quantitative estimate of drug-likeness (QED) is 0.536. The molecular formula is C19H20N2O5. The van der Waals surface area contributed by atoms with Crippen molar-refractivity contribution >= 4 is 11.6 Å². The summed E-state index contributed by atoms with van der Waals surface area (Å²) in [5.74, 6) is 0.953. The number of nitro groups is 1. The topological polar surface area (TPSA) is 81.9 Å². The van der Waals surface area contributed by atoms with E-state index in [0.29, 0.717) is 12.3 Å². The molecule has 7 heteroatoms. The molecule has 0 aromatic heterocycles. The maximum atomic E-state index is 12.6. The molecule has 1 saturated carbocycles.